The molecule has 0 spiro atoms. The number of carbonyl (C=O) groups is 2. The molecule has 28 heavy (non-hydrogen) atoms. The van der Waals surface area contributed by atoms with Gasteiger partial charge in [-0.3, -0.25) is 4.79 Å². The minimum absolute atomic E-state index is 0.0888. The average Bonchev–Trinajstić information content (AvgIpc) is 3.17. The van der Waals surface area contributed by atoms with Crippen molar-refractivity contribution in [1.82, 2.24) is 5.32 Å². The standard InChI is InChI=1S/C22H27NO5/c1-5-14-7-9-15(10-8-14)16-11-12-17(28-16)19(24)23-22(20(25)26)13-18(27-6-2)21(22,3)4/h7-12,18H,5-6,13H2,1-4H3,(H,23,24)(H,25,26). The van der Waals surface area contributed by atoms with Crippen molar-refractivity contribution >= 4 is 11.9 Å². The van der Waals surface area contributed by atoms with E-state index in [4.69, 9.17) is 9.15 Å². The number of ether oxygens (including phenoxy) is 1. The molecular formula is C22H27NO5. The summed E-state index contributed by atoms with van der Waals surface area (Å²) in [6.45, 7) is 8.05. The molecule has 1 aliphatic carbocycles. The molecule has 2 atom stereocenters. The largest absolute Gasteiger partial charge is 0.479 e. The van der Waals surface area contributed by atoms with Crippen LogP contribution in [0.1, 0.15) is 50.2 Å². The molecule has 1 aliphatic rings. The van der Waals surface area contributed by atoms with Gasteiger partial charge in [-0.15, -0.1) is 0 Å². The second kappa shape index (κ2) is 7.43. The lowest BCUT2D eigenvalue weighted by molar-refractivity contribution is -0.190. The molecule has 150 valence electrons. The Hall–Kier alpha value is -2.60. The molecule has 0 bridgehead atoms. The van der Waals surface area contributed by atoms with Crippen LogP contribution in [0.25, 0.3) is 11.3 Å². The molecule has 6 nitrogen and oxygen atoms in total. The third-order valence-corrected chi connectivity index (χ3v) is 5.93. The van der Waals surface area contributed by atoms with Crippen molar-refractivity contribution in [2.75, 3.05) is 6.61 Å². The van der Waals surface area contributed by atoms with Crippen molar-refractivity contribution in [2.24, 2.45) is 5.41 Å². The van der Waals surface area contributed by atoms with Gasteiger partial charge in [-0.2, -0.15) is 0 Å². The van der Waals surface area contributed by atoms with Gasteiger partial charge in [0.15, 0.2) is 5.76 Å². The van der Waals surface area contributed by atoms with Crippen molar-refractivity contribution in [2.45, 2.75) is 52.2 Å². The Morgan fingerprint density at radius 2 is 1.86 bits per heavy atom. The van der Waals surface area contributed by atoms with E-state index in [0.29, 0.717) is 12.4 Å². The molecule has 1 fully saturated rings. The van der Waals surface area contributed by atoms with Gasteiger partial charge in [0, 0.05) is 24.0 Å². The Balaban J connectivity index is 1.79. The second-order valence-electron chi connectivity index (χ2n) is 7.75. The monoisotopic (exact) mass is 385 g/mol. The first-order chi connectivity index (χ1) is 13.2. The molecule has 0 radical (unpaired) electrons. The quantitative estimate of drug-likeness (QED) is 0.755. The molecule has 1 saturated carbocycles. The molecule has 1 heterocycles. The summed E-state index contributed by atoms with van der Waals surface area (Å²) in [6, 6.07) is 11.2. The van der Waals surface area contributed by atoms with E-state index < -0.39 is 22.8 Å². The molecule has 1 aromatic carbocycles. The van der Waals surface area contributed by atoms with E-state index in [1.54, 1.807) is 26.0 Å². The molecule has 1 amide bonds. The molecule has 2 unspecified atom stereocenters. The first kappa shape index (κ1) is 20.1. The molecule has 1 aromatic heterocycles. The summed E-state index contributed by atoms with van der Waals surface area (Å²) in [7, 11) is 0. The fourth-order valence-electron chi connectivity index (χ4n) is 3.81. The molecule has 2 aromatic rings. The molecule has 2 N–H and O–H groups in total. The minimum Gasteiger partial charge on any atom is -0.479 e. The van der Waals surface area contributed by atoms with Crippen LogP contribution in [0.4, 0.5) is 0 Å². The van der Waals surface area contributed by atoms with E-state index in [2.05, 4.69) is 12.2 Å². The summed E-state index contributed by atoms with van der Waals surface area (Å²) < 4.78 is 11.3. The topological polar surface area (TPSA) is 88.8 Å². The Bertz CT molecular complexity index is 867. The summed E-state index contributed by atoms with van der Waals surface area (Å²) in [5.41, 5.74) is -0.0486. The third kappa shape index (κ3) is 3.22. The van der Waals surface area contributed by atoms with E-state index >= 15 is 0 Å². The third-order valence-electron chi connectivity index (χ3n) is 5.93. The first-order valence-corrected chi connectivity index (χ1v) is 9.61. The highest BCUT2D eigenvalue weighted by Gasteiger charge is 2.66. The number of carboxylic acid groups (broad SMARTS) is 1. The van der Waals surface area contributed by atoms with E-state index in [-0.39, 0.29) is 18.3 Å². The number of furan rings is 1. The Morgan fingerprint density at radius 3 is 2.39 bits per heavy atom. The number of benzene rings is 1. The van der Waals surface area contributed by atoms with Gasteiger partial charge in [-0.1, -0.05) is 45.0 Å². The fourth-order valence-corrected chi connectivity index (χ4v) is 3.81. The Morgan fingerprint density at radius 1 is 1.18 bits per heavy atom. The number of aryl methyl sites for hydroxylation is 1. The highest BCUT2D eigenvalue weighted by atomic mass is 16.5. The number of carbonyl (C=O) groups excluding carboxylic acids is 1. The van der Waals surface area contributed by atoms with E-state index in [1.165, 1.54) is 5.56 Å². The van der Waals surface area contributed by atoms with Crippen molar-refractivity contribution in [3.8, 4) is 11.3 Å². The molecule has 0 aliphatic heterocycles. The molecule has 6 heteroatoms. The van der Waals surface area contributed by atoms with Gasteiger partial charge >= 0.3 is 5.97 Å². The average molecular weight is 385 g/mol. The Labute approximate surface area is 164 Å². The number of nitrogens with one attached hydrogen (secondary N) is 1. The van der Waals surface area contributed by atoms with Crippen LogP contribution in [0.5, 0.6) is 0 Å². The van der Waals surface area contributed by atoms with Gasteiger partial charge in [-0.05, 0) is 31.0 Å². The van der Waals surface area contributed by atoms with Crippen LogP contribution in [-0.2, 0) is 16.0 Å². The fraction of sp³-hybridized carbons (Fsp3) is 0.455. The highest BCUT2D eigenvalue weighted by molar-refractivity contribution is 5.97. The smallest absolute Gasteiger partial charge is 0.330 e. The molecule has 0 saturated heterocycles. The van der Waals surface area contributed by atoms with Crippen LogP contribution in [0.15, 0.2) is 40.8 Å². The number of carboxylic acids is 1. The van der Waals surface area contributed by atoms with Gasteiger partial charge in [0.05, 0.1) is 6.10 Å². The van der Waals surface area contributed by atoms with Gasteiger partial charge in [0.1, 0.15) is 11.3 Å². The Kier molecular flexibility index (Phi) is 5.35. The van der Waals surface area contributed by atoms with Gasteiger partial charge in [-0.25, -0.2) is 4.79 Å². The zero-order valence-corrected chi connectivity index (χ0v) is 16.7. The van der Waals surface area contributed by atoms with E-state index in [9.17, 15) is 14.7 Å². The lowest BCUT2D eigenvalue weighted by atomic mass is 9.54. The van der Waals surface area contributed by atoms with Crippen molar-refractivity contribution in [3.63, 3.8) is 0 Å². The van der Waals surface area contributed by atoms with Gasteiger partial charge < -0.3 is 19.6 Å². The van der Waals surface area contributed by atoms with Crippen LogP contribution in [0, 0.1) is 5.41 Å². The van der Waals surface area contributed by atoms with Crippen LogP contribution in [0.2, 0.25) is 0 Å². The lowest BCUT2D eigenvalue weighted by Crippen LogP contribution is -2.76. The maximum atomic E-state index is 12.7. The number of hydrogen-bond acceptors (Lipinski definition) is 4. The maximum Gasteiger partial charge on any atom is 0.330 e. The van der Waals surface area contributed by atoms with Gasteiger partial charge in [0.25, 0.3) is 5.91 Å². The lowest BCUT2D eigenvalue weighted by Gasteiger charge is -2.58. The summed E-state index contributed by atoms with van der Waals surface area (Å²) in [5, 5.41) is 12.5. The summed E-state index contributed by atoms with van der Waals surface area (Å²) in [5.74, 6) is -0.950. The summed E-state index contributed by atoms with van der Waals surface area (Å²) in [4.78, 5) is 24.8. The van der Waals surface area contributed by atoms with E-state index in [1.807, 2.05) is 31.2 Å². The van der Waals surface area contributed by atoms with Crippen LogP contribution in [-0.4, -0.2) is 35.2 Å². The summed E-state index contributed by atoms with van der Waals surface area (Å²) >= 11 is 0. The molecule has 3 rings (SSSR count). The predicted octanol–water partition coefficient (Wildman–Crippen LogP) is 3.90. The van der Waals surface area contributed by atoms with Crippen molar-refractivity contribution in [1.29, 1.82) is 0 Å². The minimum atomic E-state index is -1.39. The first-order valence-electron chi connectivity index (χ1n) is 9.61. The number of hydrogen-bond donors (Lipinski definition) is 2. The van der Waals surface area contributed by atoms with Crippen molar-refractivity contribution < 1.29 is 23.8 Å². The molecular weight excluding hydrogens is 358 g/mol. The predicted molar refractivity (Wildman–Crippen MR) is 105 cm³/mol. The number of rotatable bonds is 7. The zero-order valence-electron chi connectivity index (χ0n) is 16.7. The maximum absolute atomic E-state index is 12.7. The SMILES string of the molecule is CCOC1CC(NC(=O)c2ccc(-c3ccc(CC)cc3)o2)(C(=O)O)C1(C)C. The second-order valence-corrected chi connectivity index (χ2v) is 7.75. The normalized spacial score (nSPS) is 23.1. The van der Waals surface area contributed by atoms with Crippen LogP contribution in [0.3, 0.4) is 0 Å². The van der Waals surface area contributed by atoms with E-state index in [0.717, 1.165) is 12.0 Å². The van der Waals surface area contributed by atoms with Crippen LogP contribution >= 0.6 is 0 Å². The number of amides is 1. The van der Waals surface area contributed by atoms with Crippen molar-refractivity contribution in [3.05, 3.63) is 47.7 Å². The van der Waals surface area contributed by atoms with Gasteiger partial charge in [0.2, 0.25) is 0 Å². The number of aliphatic carboxylic acids is 1. The van der Waals surface area contributed by atoms with Crippen LogP contribution < -0.4 is 5.32 Å². The summed E-state index contributed by atoms with van der Waals surface area (Å²) in [6.07, 6.45) is 0.946. The highest BCUT2D eigenvalue weighted by Crippen LogP contribution is 2.51. The zero-order chi connectivity index (χ0) is 20.5.